The molecule has 0 heterocycles. The Kier molecular flexibility index (Phi) is 5.36. The zero-order valence-electron chi connectivity index (χ0n) is 11.4. The van der Waals surface area contributed by atoms with Crippen molar-refractivity contribution in [2.24, 2.45) is 16.9 Å². The van der Waals surface area contributed by atoms with Gasteiger partial charge in [0.05, 0.1) is 0 Å². The summed E-state index contributed by atoms with van der Waals surface area (Å²) in [5.74, 6) is 0.643. The third kappa shape index (κ3) is 4.57. The summed E-state index contributed by atoms with van der Waals surface area (Å²) in [5, 5.41) is 6.89. The van der Waals surface area contributed by atoms with Gasteiger partial charge in [-0.3, -0.25) is 0 Å². The lowest BCUT2D eigenvalue weighted by atomic mass is 9.98. The first-order chi connectivity index (χ1) is 8.50. The van der Waals surface area contributed by atoms with Crippen LogP contribution in [0.3, 0.4) is 0 Å². The number of carbonyl (C=O) groups is 1. The second-order valence-corrected chi connectivity index (χ2v) is 4.78. The lowest BCUT2D eigenvalue weighted by molar-refractivity contribution is 0.252. The van der Waals surface area contributed by atoms with Gasteiger partial charge in [0, 0.05) is 11.4 Å². The van der Waals surface area contributed by atoms with Gasteiger partial charge in [0.25, 0.3) is 0 Å². The second kappa shape index (κ2) is 6.79. The molecule has 2 N–H and O–H groups in total. The topological polar surface area (TPSA) is 53.5 Å². The van der Waals surface area contributed by atoms with E-state index >= 15 is 0 Å². The van der Waals surface area contributed by atoms with Crippen molar-refractivity contribution in [3.63, 3.8) is 0 Å². The van der Waals surface area contributed by atoms with Crippen LogP contribution in [0.15, 0.2) is 35.4 Å². The minimum Gasteiger partial charge on any atom is -0.307 e. The zero-order valence-corrected chi connectivity index (χ0v) is 11.4. The third-order valence-corrected chi connectivity index (χ3v) is 2.50. The maximum absolute atomic E-state index is 11.6. The van der Waals surface area contributed by atoms with Crippen LogP contribution in [0.4, 0.5) is 10.5 Å². The molecule has 4 nitrogen and oxygen atoms in total. The molecule has 0 saturated carbocycles. The van der Waals surface area contributed by atoms with E-state index in [1.165, 1.54) is 0 Å². The molecule has 0 atom stereocenters. The van der Waals surface area contributed by atoms with Gasteiger partial charge in [0.2, 0.25) is 0 Å². The van der Waals surface area contributed by atoms with Gasteiger partial charge in [-0.25, -0.2) is 10.2 Å². The molecule has 2 amide bonds. The SMILES string of the molecule is CC(C)C(=NNC(=O)Nc1ccccc1)C(C)C. The molecule has 0 radical (unpaired) electrons. The molecule has 1 aromatic rings. The van der Waals surface area contributed by atoms with E-state index in [0.717, 1.165) is 11.4 Å². The van der Waals surface area contributed by atoms with Gasteiger partial charge in [0.1, 0.15) is 0 Å². The first-order valence-electron chi connectivity index (χ1n) is 6.20. The van der Waals surface area contributed by atoms with Gasteiger partial charge in [-0.15, -0.1) is 0 Å². The maximum atomic E-state index is 11.6. The van der Waals surface area contributed by atoms with Crippen molar-refractivity contribution >= 4 is 17.4 Å². The number of nitrogens with zero attached hydrogens (tertiary/aromatic N) is 1. The summed E-state index contributed by atoms with van der Waals surface area (Å²) in [5.41, 5.74) is 4.27. The molecule has 0 saturated heterocycles. The number of para-hydroxylation sites is 1. The first-order valence-corrected chi connectivity index (χ1v) is 6.20. The van der Waals surface area contributed by atoms with Gasteiger partial charge in [0.15, 0.2) is 0 Å². The molecule has 0 bridgehead atoms. The summed E-state index contributed by atoms with van der Waals surface area (Å²) in [6.45, 7) is 8.26. The highest BCUT2D eigenvalue weighted by atomic mass is 16.2. The van der Waals surface area contributed by atoms with Gasteiger partial charge < -0.3 is 5.32 Å². The highest BCUT2D eigenvalue weighted by Gasteiger charge is 2.10. The lowest BCUT2D eigenvalue weighted by Crippen LogP contribution is -2.28. The summed E-state index contributed by atoms with van der Waals surface area (Å²) in [6, 6.07) is 8.97. The molecule has 4 heteroatoms. The summed E-state index contributed by atoms with van der Waals surface area (Å²) >= 11 is 0. The monoisotopic (exact) mass is 247 g/mol. The van der Waals surface area contributed by atoms with Crippen LogP contribution in [0.5, 0.6) is 0 Å². The highest BCUT2D eigenvalue weighted by Crippen LogP contribution is 2.07. The van der Waals surface area contributed by atoms with Crippen molar-refractivity contribution in [3.05, 3.63) is 30.3 Å². The predicted octanol–water partition coefficient (Wildman–Crippen LogP) is 3.48. The van der Waals surface area contributed by atoms with E-state index in [4.69, 9.17) is 0 Å². The molecule has 0 aliphatic heterocycles. The molecule has 0 aliphatic carbocycles. The fourth-order valence-electron chi connectivity index (χ4n) is 1.72. The number of nitrogens with one attached hydrogen (secondary N) is 2. The van der Waals surface area contributed by atoms with Crippen molar-refractivity contribution in [2.75, 3.05) is 5.32 Å². The normalized spacial score (nSPS) is 10.3. The number of benzene rings is 1. The molecule has 0 spiro atoms. The van der Waals surface area contributed by atoms with Gasteiger partial charge >= 0.3 is 6.03 Å². The Morgan fingerprint density at radius 2 is 1.61 bits per heavy atom. The Hall–Kier alpha value is -1.84. The van der Waals surface area contributed by atoms with Crippen LogP contribution in [-0.2, 0) is 0 Å². The fourth-order valence-corrected chi connectivity index (χ4v) is 1.72. The largest absolute Gasteiger partial charge is 0.339 e. The fraction of sp³-hybridized carbons (Fsp3) is 0.429. The van der Waals surface area contributed by atoms with Crippen LogP contribution in [0.25, 0.3) is 0 Å². The molecule has 0 aliphatic rings. The minimum atomic E-state index is -0.319. The standard InChI is InChI=1S/C14H21N3O/c1-10(2)13(11(3)4)16-17-14(18)15-12-8-6-5-7-9-12/h5-11H,1-4H3,(H2,15,17,18). The number of hydrazone groups is 1. The van der Waals surface area contributed by atoms with Crippen LogP contribution >= 0.6 is 0 Å². The van der Waals surface area contributed by atoms with Crippen LogP contribution in [0, 0.1) is 11.8 Å². The molecular weight excluding hydrogens is 226 g/mol. The van der Waals surface area contributed by atoms with Crippen LogP contribution in [0.1, 0.15) is 27.7 Å². The second-order valence-electron chi connectivity index (χ2n) is 4.78. The molecule has 0 fully saturated rings. The van der Waals surface area contributed by atoms with Gasteiger partial charge in [-0.2, -0.15) is 5.10 Å². The maximum Gasteiger partial charge on any atom is 0.339 e. The van der Waals surface area contributed by atoms with Crippen molar-refractivity contribution in [1.29, 1.82) is 0 Å². The van der Waals surface area contributed by atoms with E-state index in [1.807, 2.05) is 30.3 Å². The van der Waals surface area contributed by atoms with Crippen molar-refractivity contribution in [2.45, 2.75) is 27.7 Å². The molecule has 1 rings (SSSR count). The number of urea groups is 1. The highest BCUT2D eigenvalue weighted by molar-refractivity contribution is 5.92. The van der Waals surface area contributed by atoms with E-state index in [9.17, 15) is 4.79 Å². The van der Waals surface area contributed by atoms with Crippen molar-refractivity contribution < 1.29 is 4.79 Å². The van der Waals surface area contributed by atoms with Crippen molar-refractivity contribution in [1.82, 2.24) is 5.43 Å². The first kappa shape index (κ1) is 14.2. The lowest BCUT2D eigenvalue weighted by Gasteiger charge is -2.13. The van der Waals surface area contributed by atoms with Crippen LogP contribution in [0.2, 0.25) is 0 Å². The average molecular weight is 247 g/mol. The summed E-state index contributed by atoms with van der Waals surface area (Å²) < 4.78 is 0. The predicted molar refractivity (Wildman–Crippen MR) is 75.7 cm³/mol. The van der Waals surface area contributed by atoms with E-state index < -0.39 is 0 Å². The van der Waals surface area contributed by atoms with Crippen LogP contribution < -0.4 is 10.7 Å². The molecule has 0 aromatic heterocycles. The van der Waals surface area contributed by atoms with Crippen molar-refractivity contribution in [3.8, 4) is 0 Å². The summed E-state index contributed by atoms with van der Waals surface area (Å²) in [4.78, 5) is 11.6. The molecule has 18 heavy (non-hydrogen) atoms. The number of hydrogen-bond acceptors (Lipinski definition) is 2. The summed E-state index contributed by atoms with van der Waals surface area (Å²) in [7, 11) is 0. The van der Waals surface area contributed by atoms with Gasteiger partial charge in [-0.1, -0.05) is 45.9 Å². The molecule has 98 valence electrons. The molecule has 0 unspecified atom stereocenters. The van der Waals surface area contributed by atoms with E-state index in [0.29, 0.717) is 11.8 Å². The summed E-state index contributed by atoms with van der Waals surface area (Å²) in [6.07, 6.45) is 0. The van der Waals surface area contributed by atoms with E-state index in [-0.39, 0.29) is 6.03 Å². The number of carbonyl (C=O) groups excluding carboxylic acids is 1. The Balaban J connectivity index is 2.57. The Morgan fingerprint density at radius 3 is 2.11 bits per heavy atom. The average Bonchev–Trinajstić information content (AvgIpc) is 2.29. The van der Waals surface area contributed by atoms with Gasteiger partial charge in [-0.05, 0) is 24.0 Å². The quantitative estimate of drug-likeness (QED) is 0.621. The Bertz CT molecular complexity index is 400. The minimum absolute atomic E-state index is 0.319. The molecule has 1 aromatic carbocycles. The van der Waals surface area contributed by atoms with E-state index in [2.05, 4.69) is 43.5 Å². The third-order valence-electron chi connectivity index (χ3n) is 2.50. The number of amides is 2. The number of hydrogen-bond donors (Lipinski definition) is 2. The molecular formula is C14H21N3O. The zero-order chi connectivity index (χ0) is 13.5. The number of rotatable bonds is 4. The Labute approximate surface area is 108 Å². The van der Waals surface area contributed by atoms with Crippen LogP contribution in [-0.4, -0.2) is 11.7 Å². The smallest absolute Gasteiger partial charge is 0.307 e. The van der Waals surface area contributed by atoms with E-state index in [1.54, 1.807) is 0 Å². The Morgan fingerprint density at radius 1 is 1.06 bits per heavy atom. The number of anilines is 1.